The van der Waals surface area contributed by atoms with Gasteiger partial charge in [0.2, 0.25) is 0 Å². The van der Waals surface area contributed by atoms with Crippen molar-refractivity contribution in [3.63, 3.8) is 0 Å². The number of aromatic nitrogens is 2. The highest BCUT2D eigenvalue weighted by Crippen LogP contribution is 2.17. The Bertz CT molecular complexity index is 326. The highest BCUT2D eigenvalue weighted by molar-refractivity contribution is 5.78. The fraction of sp³-hybridized carbons (Fsp3) is 0.667. The van der Waals surface area contributed by atoms with Gasteiger partial charge < -0.3 is 9.47 Å². The van der Waals surface area contributed by atoms with Crippen LogP contribution < -0.4 is 0 Å². The number of likely N-dealkylation sites (tertiary alicyclic amines) is 1. The average Bonchev–Trinajstić information content (AvgIpc) is 2.80. The zero-order valence-electron chi connectivity index (χ0n) is 9.80. The molecule has 0 N–H and O–H groups in total. The Labute approximate surface area is 96.3 Å². The van der Waals surface area contributed by atoms with Gasteiger partial charge in [0.1, 0.15) is 5.78 Å². The van der Waals surface area contributed by atoms with Crippen LogP contribution in [0.2, 0.25) is 0 Å². The van der Waals surface area contributed by atoms with Crippen LogP contribution in [0.15, 0.2) is 18.7 Å². The molecule has 2 heterocycles. The predicted octanol–water partition coefficient (Wildman–Crippen LogP) is 1.18. The number of rotatable bonds is 4. The molecule has 1 saturated heterocycles. The lowest BCUT2D eigenvalue weighted by atomic mass is 9.93. The van der Waals surface area contributed by atoms with Gasteiger partial charge in [-0.05, 0) is 32.9 Å². The Balaban J connectivity index is 1.71. The molecule has 0 spiro atoms. The van der Waals surface area contributed by atoms with Crippen molar-refractivity contribution in [3.05, 3.63) is 18.7 Å². The summed E-state index contributed by atoms with van der Waals surface area (Å²) in [4.78, 5) is 17.7. The van der Waals surface area contributed by atoms with Crippen LogP contribution in [0.25, 0.3) is 0 Å². The summed E-state index contributed by atoms with van der Waals surface area (Å²) in [5.41, 5.74) is 0. The van der Waals surface area contributed by atoms with E-state index in [0.717, 1.165) is 39.0 Å². The van der Waals surface area contributed by atoms with Crippen LogP contribution in [-0.2, 0) is 11.3 Å². The largest absolute Gasteiger partial charge is 0.336 e. The number of Topliss-reactive ketones (excluding diaryl/α,β-unsaturated/α-hetero) is 1. The maximum Gasteiger partial charge on any atom is 0.133 e. The first-order valence-corrected chi connectivity index (χ1v) is 5.94. The molecule has 2 rings (SSSR count). The predicted molar refractivity (Wildman–Crippen MR) is 62.1 cm³/mol. The lowest BCUT2D eigenvalue weighted by Crippen LogP contribution is -2.37. The van der Waals surface area contributed by atoms with Gasteiger partial charge in [-0.15, -0.1) is 0 Å². The SMILES string of the molecule is CC(=O)C1CCN(CCn2ccnc2)CC1. The smallest absolute Gasteiger partial charge is 0.133 e. The summed E-state index contributed by atoms with van der Waals surface area (Å²) < 4.78 is 2.09. The molecule has 1 aromatic heterocycles. The molecule has 4 heteroatoms. The van der Waals surface area contributed by atoms with Crippen LogP contribution in [0.3, 0.4) is 0 Å². The van der Waals surface area contributed by atoms with E-state index < -0.39 is 0 Å². The molecule has 1 aromatic rings. The van der Waals surface area contributed by atoms with E-state index in [0.29, 0.717) is 11.7 Å². The molecular formula is C12H19N3O. The third kappa shape index (κ3) is 2.92. The molecule has 16 heavy (non-hydrogen) atoms. The van der Waals surface area contributed by atoms with Crippen molar-refractivity contribution < 1.29 is 4.79 Å². The molecule has 0 aromatic carbocycles. The monoisotopic (exact) mass is 221 g/mol. The Morgan fingerprint density at radius 2 is 2.12 bits per heavy atom. The van der Waals surface area contributed by atoms with Crippen molar-refractivity contribution >= 4 is 5.78 Å². The van der Waals surface area contributed by atoms with Crippen LogP contribution in [0.4, 0.5) is 0 Å². The van der Waals surface area contributed by atoms with Gasteiger partial charge in [-0.1, -0.05) is 0 Å². The van der Waals surface area contributed by atoms with Crippen molar-refractivity contribution in [2.75, 3.05) is 19.6 Å². The number of ketones is 1. The summed E-state index contributed by atoms with van der Waals surface area (Å²) in [6, 6.07) is 0. The first-order chi connectivity index (χ1) is 7.75. The van der Waals surface area contributed by atoms with Crippen molar-refractivity contribution in [2.24, 2.45) is 5.92 Å². The lowest BCUT2D eigenvalue weighted by Gasteiger charge is -2.30. The van der Waals surface area contributed by atoms with Crippen molar-refractivity contribution in [2.45, 2.75) is 26.3 Å². The van der Waals surface area contributed by atoms with Crippen LogP contribution in [0, 0.1) is 5.92 Å². The van der Waals surface area contributed by atoms with Crippen molar-refractivity contribution in [1.82, 2.24) is 14.5 Å². The van der Waals surface area contributed by atoms with Crippen molar-refractivity contribution in [3.8, 4) is 0 Å². The summed E-state index contributed by atoms with van der Waals surface area (Å²) in [6.07, 6.45) is 7.70. The molecule has 0 saturated carbocycles. The number of carbonyl (C=O) groups is 1. The fourth-order valence-corrected chi connectivity index (χ4v) is 2.24. The Morgan fingerprint density at radius 1 is 1.38 bits per heavy atom. The van der Waals surface area contributed by atoms with Crippen LogP contribution in [0.1, 0.15) is 19.8 Å². The van der Waals surface area contributed by atoms with Gasteiger partial charge in [0.25, 0.3) is 0 Å². The molecular weight excluding hydrogens is 202 g/mol. The Morgan fingerprint density at radius 3 is 2.69 bits per heavy atom. The summed E-state index contributed by atoms with van der Waals surface area (Å²) in [7, 11) is 0. The van der Waals surface area contributed by atoms with E-state index >= 15 is 0 Å². The van der Waals surface area contributed by atoms with E-state index in [1.54, 1.807) is 6.92 Å². The van der Waals surface area contributed by atoms with Gasteiger partial charge in [-0.3, -0.25) is 4.79 Å². The van der Waals surface area contributed by atoms with E-state index in [1.165, 1.54) is 0 Å². The summed E-state index contributed by atoms with van der Waals surface area (Å²) in [5.74, 6) is 0.666. The molecule has 4 nitrogen and oxygen atoms in total. The van der Waals surface area contributed by atoms with E-state index in [-0.39, 0.29) is 0 Å². The zero-order valence-corrected chi connectivity index (χ0v) is 9.80. The molecule has 0 bridgehead atoms. The standard InChI is InChI=1S/C12H19N3O/c1-11(16)12-2-5-14(6-3-12)8-9-15-7-4-13-10-15/h4,7,10,12H,2-3,5-6,8-9H2,1H3. The van der Waals surface area contributed by atoms with Crippen LogP contribution in [0.5, 0.6) is 0 Å². The Hall–Kier alpha value is -1.16. The summed E-state index contributed by atoms with van der Waals surface area (Å²) >= 11 is 0. The van der Waals surface area contributed by atoms with Gasteiger partial charge in [-0.2, -0.15) is 0 Å². The minimum Gasteiger partial charge on any atom is -0.336 e. The second-order valence-electron chi connectivity index (χ2n) is 4.53. The number of hydrogen-bond acceptors (Lipinski definition) is 3. The van der Waals surface area contributed by atoms with Crippen LogP contribution in [-0.4, -0.2) is 39.9 Å². The van der Waals surface area contributed by atoms with Gasteiger partial charge in [0, 0.05) is 31.4 Å². The topological polar surface area (TPSA) is 38.1 Å². The van der Waals surface area contributed by atoms with Gasteiger partial charge in [0.05, 0.1) is 6.33 Å². The zero-order chi connectivity index (χ0) is 11.4. The fourth-order valence-electron chi connectivity index (χ4n) is 2.24. The first-order valence-electron chi connectivity index (χ1n) is 5.94. The van der Waals surface area contributed by atoms with E-state index in [1.807, 2.05) is 18.7 Å². The molecule has 1 aliphatic rings. The lowest BCUT2D eigenvalue weighted by molar-refractivity contribution is -0.122. The third-order valence-corrected chi connectivity index (χ3v) is 3.40. The van der Waals surface area contributed by atoms with Gasteiger partial charge >= 0.3 is 0 Å². The minimum absolute atomic E-state index is 0.310. The number of carbonyl (C=O) groups excluding carboxylic acids is 1. The van der Waals surface area contributed by atoms with E-state index in [9.17, 15) is 4.79 Å². The summed E-state index contributed by atoms with van der Waals surface area (Å²) in [5, 5.41) is 0. The normalized spacial score (nSPS) is 18.8. The van der Waals surface area contributed by atoms with E-state index in [4.69, 9.17) is 0 Å². The van der Waals surface area contributed by atoms with Gasteiger partial charge in [0.15, 0.2) is 0 Å². The minimum atomic E-state index is 0.310. The molecule has 0 radical (unpaired) electrons. The summed E-state index contributed by atoms with van der Waals surface area (Å²) in [6.45, 7) is 5.87. The highest BCUT2D eigenvalue weighted by atomic mass is 16.1. The number of piperidine rings is 1. The number of hydrogen-bond donors (Lipinski definition) is 0. The number of nitrogens with zero attached hydrogens (tertiary/aromatic N) is 3. The first kappa shape index (κ1) is 11.3. The van der Waals surface area contributed by atoms with Gasteiger partial charge in [-0.25, -0.2) is 4.98 Å². The third-order valence-electron chi connectivity index (χ3n) is 3.40. The molecule has 0 atom stereocenters. The molecule has 0 aliphatic carbocycles. The second-order valence-corrected chi connectivity index (χ2v) is 4.53. The second kappa shape index (κ2) is 5.25. The maximum absolute atomic E-state index is 11.2. The highest BCUT2D eigenvalue weighted by Gasteiger charge is 2.21. The molecule has 1 fully saturated rings. The molecule has 0 amide bonds. The molecule has 0 unspecified atom stereocenters. The van der Waals surface area contributed by atoms with Crippen molar-refractivity contribution in [1.29, 1.82) is 0 Å². The average molecular weight is 221 g/mol. The quantitative estimate of drug-likeness (QED) is 0.766. The van der Waals surface area contributed by atoms with E-state index in [2.05, 4.69) is 14.5 Å². The number of imidazole rings is 1. The molecule has 1 aliphatic heterocycles. The maximum atomic E-state index is 11.2. The molecule has 88 valence electrons. The van der Waals surface area contributed by atoms with Crippen LogP contribution >= 0.6 is 0 Å². The Kier molecular flexibility index (Phi) is 3.72.